The second kappa shape index (κ2) is 8.27. The average Bonchev–Trinajstić information content (AvgIpc) is 3.44. The third kappa shape index (κ3) is 4.04. The van der Waals surface area contributed by atoms with Gasteiger partial charge < -0.3 is 9.88 Å². The van der Waals surface area contributed by atoms with E-state index >= 15 is 0 Å². The smallest absolute Gasteiger partial charge is 0.228 e. The number of nitrogens with one attached hydrogen (secondary N) is 1. The van der Waals surface area contributed by atoms with E-state index in [1.165, 1.54) is 6.33 Å². The number of fused-ring (bicyclic) bond motifs is 1. The summed E-state index contributed by atoms with van der Waals surface area (Å²) in [4.78, 5) is 20.1. The van der Waals surface area contributed by atoms with Crippen molar-refractivity contribution in [2.75, 3.05) is 18.4 Å². The number of carbonyl (C=O) groups excluding carboxylic acids is 1. The van der Waals surface area contributed by atoms with Crippen molar-refractivity contribution in [3.8, 4) is 5.69 Å². The van der Waals surface area contributed by atoms with Crippen LogP contribution in [0.4, 0.5) is 5.69 Å². The Morgan fingerprint density at radius 2 is 2.10 bits per heavy atom. The Balaban J connectivity index is 1.25. The lowest BCUT2D eigenvalue weighted by Gasteiger charge is -2.31. The highest BCUT2D eigenvalue weighted by Gasteiger charge is 2.27. The van der Waals surface area contributed by atoms with E-state index in [9.17, 15) is 4.79 Å². The Hall–Kier alpha value is -3.59. The fraction of sp³-hybridized carbons (Fsp3) is 0.318. The highest BCUT2D eigenvalue weighted by Crippen LogP contribution is 2.22. The molecule has 1 aliphatic heterocycles. The largest absolute Gasteiger partial charge is 0.330 e. The molecule has 3 heterocycles. The number of anilines is 1. The predicted molar refractivity (Wildman–Crippen MR) is 116 cm³/mol. The normalized spacial score (nSPS) is 17.1. The molecule has 1 fully saturated rings. The van der Waals surface area contributed by atoms with Gasteiger partial charge in [-0.1, -0.05) is 18.2 Å². The third-order valence-electron chi connectivity index (χ3n) is 5.85. The summed E-state index contributed by atoms with van der Waals surface area (Å²) in [5, 5.41) is 14.3. The zero-order chi connectivity index (χ0) is 21.2. The first kappa shape index (κ1) is 19.4. The maximum atomic E-state index is 13.0. The number of para-hydroxylation sites is 2. The monoisotopic (exact) mass is 416 g/mol. The van der Waals surface area contributed by atoms with Gasteiger partial charge in [0, 0.05) is 19.3 Å². The van der Waals surface area contributed by atoms with Crippen LogP contribution >= 0.6 is 0 Å². The van der Waals surface area contributed by atoms with E-state index in [1.54, 1.807) is 4.68 Å². The first-order valence-electron chi connectivity index (χ1n) is 10.4. The van der Waals surface area contributed by atoms with Gasteiger partial charge in [-0.15, -0.1) is 5.10 Å². The summed E-state index contributed by atoms with van der Waals surface area (Å²) in [7, 11) is 2.05. The van der Waals surface area contributed by atoms with Crippen molar-refractivity contribution < 1.29 is 4.79 Å². The Morgan fingerprint density at radius 1 is 1.19 bits per heavy atom. The Labute approximate surface area is 179 Å². The summed E-state index contributed by atoms with van der Waals surface area (Å²) >= 11 is 0. The van der Waals surface area contributed by atoms with Crippen LogP contribution in [0.2, 0.25) is 0 Å². The van der Waals surface area contributed by atoms with Crippen LogP contribution in [0.15, 0.2) is 54.9 Å². The van der Waals surface area contributed by atoms with Crippen molar-refractivity contribution in [3.05, 3.63) is 60.7 Å². The molecular formula is C22H24N8O. The highest BCUT2D eigenvalue weighted by molar-refractivity contribution is 5.93. The summed E-state index contributed by atoms with van der Waals surface area (Å²) < 4.78 is 3.71. The van der Waals surface area contributed by atoms with E-state index in [0.29, 0.717) is 0 Å². The van der Waals surface area contributed by atoms with Crippen LogP contribution in [0.1, 0.15) is 18.7 Å². The highest BCUT2D eigenvalue weighted by atomic mass is 16.1. The zero-order valence-electron chi connectivity index (χ0n) is 17.3. The molecule has 0 saturated carbocycles. The van der Waals surface area contributed by atoms with Crippen molar-refractivity contribution in [2.24, 2.45) is 13.0 Å². The first-order valence-corrected chi connectivity index (χ1v) is 10.4. The SMILES string of the molecule is Cn1c(CN2CCCC(C(=O)Nc3cccc(-n4cnnn4)c3)C2)nc2ccccc21. The van der Waals surface area contributed by atoms with Gasteiger partial charge in [-0.25, -0.2) is 9.67 Å². The summed E-state index contributed by atoms with van der Waals surface area (Å²) in [6.45, 7) is 2.44. The van der Waals surface area contributed by atoms with E-state index in [2.05, 4.69) is 43.4 Å². The summed E-state index contributed by atoms with van der Waals surface area (Å²) in [6.07, 6.45) is 3.41. The maximum absolute atomic E-state index is 13.0. The fourth-order valence-corrected chi connectivity index (χ4v) is 4.20. The van der Waals surface area contributed by atoms with Crippen LogP contribution in [0.3, 0.4) is 0 Å². The number of likely N-dealkylation sites (tertiary alicyclic amines) is 1. The van der Waals surface area contributed by atoms with Crippen LogP contribution in [-0.4, -0.2) is 53.7 Å². The lowest BCUT2D eigenvalue weighted by atomic mass is 9.97. The molecule has 9 nitrogen and oxygen atoms in total. The van der Waals surface area contributed by atoms with Gasteiger partial charge in [-0.2, -0.15) is 0 Å². The van der Waals surface area contributed by atoms with Crippen molar-refractivity contribution in [1.29, 1.82) is 0 Å². The minimum absolute atomic E-state index is 0.0450. The molecule has 31 heavy (non-hydrogen) atoms. The number of aryl methyl sites for hydroxylation is 1. The molecule has 1 aliphatic rings. The number of aromatic nitrogens is 6. The van der Waals surface area contributed by atoms with Crippen molar-refractivity contribution in [2.45, 2.75) is 19.4 Å². The van der Waals surface area contributed by atoms with Crippen LogP contribution in [-0.2, 0) is 18.4 Å². The Morgan fingerprint density at radius 3 is 2.94 bits per heavy atom. The van der Waals surface area contributed by atoms with Gasteiger partial charge in [0.2, 0.25) is 5.91 Å². The molecular weight excluding hydrogens is 392 g/mol. The van der Waals surface area contributed by atoms with Crippen LogP contribution in [0, 0.1) is 5.92 Å². The first-order chi connectivity index (χ1) is 15.2. The van der Waals surface area contributed by atoms with Crippen LogP contribution in [0.25, 0.3) is 16.7 Å². The van der Waals surface area contributed by atoms with E-state index < -0.39 is 0 Å². The molecule has 1 saturated heterocycles. The summed E-state index contributed by atoms with van der Waals surface area (Å²) in [5.74, 6) is 1.01. The molecule has 1 unspecified atom stereocenters. The van der Waals surface area contributed by atoms with Gasteiger partial charge in [0.1, 0.15) is 12.2 Å². The van der Waals surface area contributed by atoms with Crippen molar-refractivity contribution in [1.82, 2.24) is 34.7 Å². The summed E-state index contributed by atoms with van der Waals surface area (Å²) in [6, 6.07) is 15.7. The van der Waals surface area contributed by atoms with E-state index in [4.69, 9.17) is 4.98 Å². The quantitative estimate of drug-likeness (QED) is 0.537. The number of rotatable bonds is 5. The van der Waals surface area contributed by atoms with Gasteiger partial charge in [0.05, 0.1) is 29.2 Å². The maximum Gasteiger partial charge on any atom is 0.228 e. The molecule has 5 rings (SSSR count). The summed E-state index contributed by atoms with van der Waals surface area (Å²) in [5.41, 5.74) is 3.68. The molecule has 1 N–H and O–H groups in total. The van der Waals surface area contributed by atoms with Gasteiger partial charge in [-0.3, -0.25) is 9.69 Å². The lowest BCUT2D eigenvalue weighted by Crippen LogP contribution is -2.40. The molecule has 0 radical (unpaired) electrons. The third-order valence-corrected chi connectivity index (χ3v) is 5.85. The topological polar surface area (TPSA) is 93.8 Å². The molecule has 2 aromatic carbocycles. The van der Waals surface area contributed by atoms with E-state index in [1.807, 2.05) is 42.5 Å². The minimum Gasteiger partial charge on any atom is -0.330 e. The second-order valence-electron chi connectivity index (χ2n) is 7.94. The molecule has 0 bridgehead atoms. The van der Waals surface area contributed by atoms with Crippen LogP contribution in [0.5, 0.6) is 0 Å². The second-order valence-corrected chi connectivity index (χ2v) is 7.94. The van der Waals surface area contributed by atoms with Crippen molar-refractivity contribution >= 4 is 22.6 Å². The number of tetrazole rings is 1. The van der Waals surface area contributed by atoms with E-state index in [-0.39, 0.29) is 11.8 Å². The molecule has 1 atom stereocenters. The van der Waals surface area contributed by atoms with Crippen molar-refractivity contribution in [3.63, 3.8) is 0 Å². The fourth-order valence-electron chi connectivity index (χ4n) is 4.20. The average molecular weight is 416 g/mol. The van der Waals surface area contributed by atoms with Crippen LogP contribution < -0.4 is 5.32 Å². The van der Waals surface area contributed by atoms with Gasteiger partial charge in [0.15, 0.2) is 0 Å². The number of benzene rings is 2. The van der Waals surface area contributed by atoms with Gasteiger partial charge >= 0.3 is 0 Å². The molecule has 158 valence electrons. The number of nitrogens with zero attached hydrogens (tertiary/aromatic N) is 7. The lowest BCUT2D eigenvalue weighted by molar-refractivity contribution is -0.121. The molecule has 2 aromatic heterocycles. The molecule has 1 amide bonds. The Kier molecular flexibility index (Phi) is 5.17. The van der Waals surface area contributed by atoms with Gasteiger partial charge in [0.25, 0.3) is 0 Å². The zero-order valence-corrected chi connectivity index (χ0v) is 17.3. The number of carbonyl (C=O) groups is 1. The molecule has 0 spiro atoms. The molecule has 9 heteroatoms. The number of imidazole rings is 1. The minimum atomic E-state index is -0.0554. The number of amides is 1. The standard InChI is InChI=1S/C22H24N8O/c1-28-20-10-3-2-9-19(20)25-21(28)14-29-11-5-6-16(13-29)22(31)24-17-7-4-8-18(12-17)30-15-23-26-27-30/h2-4,7-10,12,15-16H,5-6,11,13-14H2,1H3,(H,24,31). The number of piperidine rings is 1. The van der Waals surface area contributed by atoms with Gasteiger partial charge in [-0.05, 0) is 60.1 Å². The van der Waals surface area contributed by atoms with E-state index in [0.717, 1.165) is 60.7 Å². The number of hydrogen-bond acceptors (Lipinski definition) is 6. The Bertz CT molecular complexity index is 1200. The molecule has 4 aromatic rings. The predicted octanol–water partition coefficient (Wildman–Crippen LogP) is 2.40. The number of hydrogen-bond donors (Lipinski definition) is 1. The molecule has 0 aliphatic carbocycles.